The second-order valence-corrected chi connectivity index (χ2v) is 9.53. The van der Waals surface area contributed by atoms with Crippen LogP contribution in [0.3, 0.4) is 0 Å². The predicted octanol–water partition coefficient (Wildman–Crippen LogP) is 3.04. The number of H-pyrrole nitrogens is 1. The normalized spacial score (nSPS) is 17.6. The van der Waals surface area contributed by atoms with Gasteiger partial charge in [-0.15, -0.1) is 0 Å². The van der Waals surface area contributed by atoms with Crippen molar-refractivity contribution < 1.29 is 31.9 Å². The smallest absolute Gasteiger partial charge is 0.378 e. The summed E-state index contributed by atoms with van der Waals surface area (Å²) in [5.41, 5.74) is -3.38. The summed E-state index contributed by atoms with van der Waals surface area (Å²) in [6, 6.07) is 9.00. The van der Waals surface area contributed by atoms with Crippen molar-refractivity contribution >= 4 is 28.4 Å². The van der Waals surface area contributed by atoms with Crippen LogP contribution < -0.4 is 15.8 Å². The number of hydrogen-bond acceptors (Lipinski definition) is 6. The van der Waals surface area contributed by atoms with E-state index < -0.39 is 46.5 Å². The van der Waals surface area contributed by atoms with E-state index in [0.29, 0.717) is 6.07 Å². The van der Waals surface area contributed by atoms with E-state index in [-0.39, 0.29) is 73.5 Å². The minimum Gasteiger partial charge on any atom is -0.378 e. The van der Waals surface area contributed by atoms with E-state index in [9.17, 15) is 37.2 Å². The topological polar surface area (TPSA) is 119 Å². The van der Waals surface area contributed by atoms with Crippen LogP contribution in [0, 0.1) is 17.1 Å². The van der Waals surface area contributed by atoms with Crippen LogP contribution in [0.4, 0.5) is 23.2 Å². The quantitative estimate of drug-likeness (QED) is 0.477. The number of alkyl halides is 3. The number of aromatic amines is 1. The summed E-state index contributed by atoms with van der Waals surface area (Å²) in [6.07, 6.45) is -4.69. The molecule has 3 aromatic rings. The van der Waals surface area contributed by atoms with E-state index in [1.54, 1.807) is 18.2 Å². The number of carbonyl (C=O) groups is 2. The summed E-state index contributed by atoms with van der Waals surface area (Å²) in [6.45, 7) is 0.761. The molecule has 5 rings (SSSR count). The van der Waals surface area contributed by atoms with Crippen molar-refractivity contribution in [2.45, 2.75) is 18.6 Å². The van der Waals surface area contributed by atoms with Gasteiger partial charge in [-0.3, -0.25) is 14.4 Å². The first kappa shape index (κ1) is 27.1. The molecule has 0 spiro atoms. The second kappa shape index (κ2) is 10.6. The molecule has 0 unspecified atom stereocenters. The molecule has 2 aliphatic rings. The molecule has 2 N–H and O–H groups in total. The fourth-order valence-corrected chi connectivity index (χ4v) is 5.14. The van der Waals surface area contributed by atoms with E-state index in [0.717, 1.165) is 6.07 Å². The lowest BCUT2D eigenvalue weighted by atomic mass is 10.00. The number of morpholine rings is 1. The second-order valence-electron chi connectivity index (χ2n) is 9.53. The highest BCUT2D eigenvalue weighted by atomic mass is 19.4. The molecule has 2 amide bonds. The van der Waals surface area contributed by atoms with Crippen molar-refractivity contribution in [3.05, 3.63) is 74.8 Å². The first-order chi connectivity index (χ1) is 19.1. The number of rotatable bonds is 4. The number of pyridine rings is 1. The van der Waals surface area contributed by atoms with Crippen molar-refractivity contribution in [1.29, 1.82) is 5.26 Å². The summed E-state index contributed by atoms with van der Waals surface area (Å²) < 4.78 is 62.7. The molecule has 1 atom stereocenters. The molecule has 208 valence electrons. The molecule has 2 aliphatic heterocycles. The predicted molar refractivity (Wildman–Crippen MR) is 135 cm³/mol. The molecule has 2 saturated heterocycles. The number of amides is 2. The van der Waals surface area contributed by atoms with E-state index in [1.807, 2.05) is 0 Å². The summed E-state index contributed by atoms with van der Waals surface area (Å²) in [5.74, 6) is -2.81. The molecule has 0 saturated carbocycles. The highest BCUT2D eigenvalue weighted by Gasteiger charge is 2.40. The Bertz CT molecular complexity index is 1590. The van der Waals surface area contributed by atoms with Gasteiger partial charge in [-0.25, -0.2) is 0 Å². The standard InChI is InChI=1S/C27H23F4N5O4/c28-22-21(17-3-1-2-4-20(17)34-25(22)38)24(37)33-16-5-6-36(14-16)23-18(26(39)35-7-9-40-10-8-35)11-15(13-32)12-19(23)27(29,30)31/h1-4,11-12,16H,5-10,14H2,(H,33,37)(H,34,38)/t16-/m1/s1. The Morgan fingerprint density at radius 3 is 2.55 bits per heavy atom. The molecular formula is C27H23F4N5O4. The fraction of sp³-hybridized carbons (Fsp3) is 0.333. The first-order valence-electron chi connectivity index (χ1n) is 12.5. The average Bonchev–Trinajstić information content (AvgIpc) is 3.40. The summed E-state index contributed by atoms with van der Waals surface area (Å²) >= 11 is 0. The van der Waals surface area contributed by atoms with Gasteiger partial charge in [0.15, 0.2) is 0 Å². The van der Waals surface area contributed by atoms with Crippen molar-refractivity contribution in [2.75, 3.05) is 44.3 Å². The number of anilines is 1. The number of benzene rings is 2. The molecular weight excluding hydrogens is 534 g/mol. The number of halogens is 4. The molecule has 3 heterocycles. The van der Waals surface area contributed by atoms with E-state index in [2.05, 4.69) is 10.3 Å². The van der Waals surface area contributed by atoms with Gasteiger partial charge < -0.3 is 24.8 Å². The number of fused-ring (bicyclic) bond motifs is 1. The van der Waals surface area contributed by atoms with Gasteiger partial charge in [0.2, 0.25) is 5.82 Å². The number of ether oxygens (including phenoxy) is 1. The number of nitrogens with one attached hydrogen (secondary N) is 2. The van der Waals surface area contributed by atoms with Crippen LogP contribution in [0.25, 0.3) is 10.9 Å². The minimum atomic E-state index is -4.88. The number of para-hydroxylation sites is 1. The van der Waals surface area contributed by atoms with Crippen LogP contribution in [-0.4, -0.2) is 67.1 Å². The summed E-state index contributed by atoms with van der Waals surface area (Å²) in [4.78, 5) is 43.6. The van der Waals surface area contributed by atoms with Gasteiger partial charge in [0, 0.05) is 43.1 Å². The Morgan fingerprint density at radius 1 is 1.12 bits per heavy atom. The zero-order chi connectivity index (χ0) is 28.6. The van der Waals surface area contributed by atoms with Gasteiger partial charge in [-0.1, -0.05) is 18.2 Å². The number of hydrogen-bond donors (Lipinski definition) is 2. The van der Waals surface area contributed by atoms with E-state index in [4.69, 9.17) is 4.74 Å². The monoisotopic (exact) mass is 557 g/mol. The molecule has 0 radical (unpaired) electrons. The van der Waals surface area contributed by atoms with Crippen molar-refractivity contribution in [3.63, 3.8) is 0 Å². The lowest BCUT2D eigenvalue weighted by molar-refractivity contribution is -0.137. The fourth-order valence-electron chi connectivity index (χ4n) is 5.14. The number of carbonyl (C=O) groups excluding carboxylic acids is 2. The SMILES string of the molecule is N#Cc1cc(C(=O)N2CCOCC2)c(N2CC[C@@H](NC(=O)c3c(F)c(=O)[nH]c4ccccc34)C2)c(C(F)(F)F)c1. The van der Waals surface area contributed by atoms with Crippen molar-refractivity contribution in [3.8, 4) is 6.07 Å². The Morgan fingerprint density at radius 2 is 1.85 bits per heavy atom. The van der Waals surface area contributed by atoms with Crippen LogP contribution in [0.2, 0.25) is 0 Å². The Kier molecular flexibility index (Phi) is 7.20. The van der Waals surface area contributed by atoms with Gasteiger partial charge in [0.1, 0.15) is 0 Å². The average molecular weight is 558 g/mol. The first-order valence-corrected chi connectivity index (χ1v) is 12.5. The molecule has 2 fully saturated rings. The Labute approximate surface area is 224 Å². The number of nitriles is 1. The van der Waals surface area contributed by atoms with Crippen LogP contribution >= 0.6 is 0 Å². The van der Waals surface area contributed by atoms with Crippen LogP contribution in [-0.2, 0) is 10.9 Å². The number of nitrogens with zero attached hydrogens (tertiary/aromatic N) is 3. The minimum absolute atomic E-state index is 0.0436. The van der Waals surface area contributed by atoms with Gasteiger partial charge >= 0.3 is 6.18 Å². The third-order valence-electron chi connectivity index (χ3n) is 7.00. The van der Waals surface area contributed by atoms with Crippen molar-refractivity contribution in [2.24, 2.45) is 0 Å². The van der Waals surface area contributed by atoms with E-state index >= 15 is 0 Å². The molecule has 1 aromatic heterocycles. The number of aromatic nitrogens is 1. The van der Waals surface area contributed by atoms with Gasteiger partial charge in [-0.2, -0.15) is 22.8 Å². The van der Waals surface area contributed by atoms with Crippen LogP contribution in [0.1, 0.15) is 38.3 Å². The molecule has 40 heavy (non-hydrogen) atoms. The third-order valence-corrected chi connectivity index (χ3v) is 7.00. The van der Waals surface area contributed by atoms with Crippen LogP contribution in [0.5, 0.6) is 0 Å². The molecule has 0 aliphatic carbocycles. The zero-order valence-electron chi connectivity index (χ0n) is 21.0. The maximum Gasteiger partial charge on any atom is 0.418 e. The lowest BCUT2D eigenvalue weighted by Crippen LogP contribution is -2.42. The largest absolute Gasteiger partial charge is 0.418 e. The lowest BCUT2D eigenvalue weighted by Gasteiger charge is -2.31. The molecule has 2 aromatic carbocycles. The van der Waals surface area contributed by atoms with Crippen LogP contribution in [0.15, 0.2) is 41.2 Å². The summed E-state index contributed by atoms with van der Waals surface area (Å²) in [7, 11) is 0. The Balaban J connectivity index is 1.48. The maximum absolute atomic E-state index is 14.8. The highest BCUT2D eigenvalue weighted by molar-refractivity contribution is 6.06. The van der Waals surface area contributed by atoms with Gasteiger partial charge in [-0.05, 0) is 24.6 Å². The molecule has 0 bridgehead atoms. The third kappa shape index (κ3) is 5.10. The van der Waals surface area contributed by atoms with Gasteiger partial charge in [0.25, 0.3) is 17.4 Å². The molecule has 9 nitrogen and oxygen atoms in total. The highest BCUT2D eigenvalue weighted by Crippen LogP contribution is 2.41. The van der Waals surface area contributed by atoms with Gasteiger partial charge in [0.05, 0.1) is 47.2 Å². The van der Waals surface area contributed by atoms with Crippen molar-refractivity contribution in [1.82, 2.24) is 15.2 Å². The summed E-state index contributed by atoms with van der Waals surface area (Å²) in [5, 5.41) is 12.2. The molecule has 13 heteroatoms. The van der Waals surface area contributed by atoms with E-state index in [1.165, 1.54) is 21.9 Å². The Hall–Kier alpha value is -4.44. The zero-order valence-corrected chi connectivity index (χ0v) is 21.0. The maximum atomic E-state index is 14.8.